The molecule has 0 bridgehead atoms. The van der Waals surface area contributed by atoms with Gasteiger partial charge in [-0.25, -0.2) is 0 Å². The van der Waals surface area contributed by atoms with Gasteiger partial charge in [-0.2, -0.15) is 0 Å². The molecule has 1 unspecified atom stereocenters. The number of allylic oxidation sites excluding steroid dienone is 2. The molecule has 1 heterocycles. The van der Waals surface area contributed by atoms with Crippen molar-refractivity contribution in [1.82, 2.24) is 10.2 Å². The molecule has 2 fully saturated rings. The Morgan fingerprint density at radius 3 is 2.41 bits per heavy atom. The molecule has 2 aliphatic rings. The van der Waals surface area contributed by atoms with Crippen LogP contribution in [0.25, 0.3) is 0 Å². The molecule has 1 atom stereocenters. The van der Waals surface area contributed by atoms with Crippen molar-refractivity contribution in [2.75, 3.05) is 19.6 Å². The Kier molecular flexibility index (Phi) is 10.7. The number of hydrogen-bond donors (Lipinski definition) is 1. The zero-order valence-corrected chi connectivity index (χ0v) is 18.6. The fraction of sp³-hybridized carbons (Fsp3) is 0.840. The molecule has 1 saturated carbocycles. The summed E-state index contributed by atoms with van der Waals surface area (Å²) in [5, 5.41) is 3.83. The molecule has 1 aliphatic carbocycles. The minimum atomic E-state index is 0.0848. The highest BCUT2D eigenvalue weighted by Crippen LogP contribution is 2.36. The Bertz CT molecular complexity index is 445. The minimum absolute atomic E-state index is 0.0848. The molecular formula is C25H46N2. The molecule has 27 heavy (non-hydrogen) atoms. The second-order valence-corrected chi connectivity index (χ2v) is 8.77. The van der Waals surface area contributed by atoms with E-state index in [0.29, 0.717) is 0 Å². The molecule has 1 aliphatic heterocycles. The summed E-state index contributed by atoms with van der Waals surface area (Å²) in [6.45, 7) is 10.3. The second kappa shape index (κ2) is 12.8. The van der Waals surface area contributed by atoms with Crippen molar-refractivity contribution in [1.29, 1.82) is 0 Å². The highest BCUT2D eigenvalue weighted by molar-refractivity contribution is 5.31. The van der Waals surface area contributed by atoms with Gasteiger partial charge in [0.25, 0.3) is 0 Å². The van der Waals surface area contributed by atoms with Crippen LogP contribution in [0.4, 0.5) is 0 Å². The van der Waals surface area contributed by atoms with Crippen LogP contribution in [0.5, 0.6) is 0 Å². The molecule has 2 nitrogen and oxygen atoms in total. The van der Waals surface area contributed by atoms with Gasteiger partial charge in [0.2, 0.25) is 0 Å². The van der Waals surface area contributed by atoms with E-state index in [1.165, 1.54) is 96.6 Å². The molecule has 0 aromatic heterocycles. The molecule has 0 spiro atoms. The van der Waals surface area contributed by atoms with Gasteiger partial charge in [-0.1, -0.05) is 70.1 Å². The fourth-order valence-electron chi connectivity index (χ4n) is 5.38. The predicted octanol–water partition coefficient (Wildman–Crippen LogP) is 6.63. The van der Waals surface area contributed by atoms with E-state index in [1.54, 1.807) is 5.57 Å². The first-order valence-corrected chi connectivity index (χ1v) is 12.1. The van der Waals surface area contributed by atoms with Crippen molar-refractivity contribution in [3.8, 4) is 0 Å². The van der Waals surface area contributed by atoms with Crippen LogP contribution in [0.15, 0.2) is 23.8 Å². The molecule has 0 aromatic rings. The molecule has 156 valence electrons. The maximum atomic E-state index is 3.83. The average molecular weight is 375 g/mol. The Morgan fingerprint density at radius 2 is 1.74 bits per heavy atom. The zero-order chi connectivity index (χ0) is 19.4. The lowest BCUT2D eigenvalue weighted by molar-refractivity contribution is 0.0721. The zero-order valence-electron chi connectivity index (χ0n) is 18.6. The van der Waals surface area contributed by atoms with E-state index >= 15 is 0 Å². The van der Waals surface area contributed by atoms with Gasteiger partial charge in [-0.15, -0.1) is 0 Å². The number of nitrogens with one attached hydrogen (secondary N) is 1. The molecule has 1 N–H and O–H groups in total. The maximum Gasteiger partial charge on any atom is 0.0733 e. The quantitative estimate of drug-likeness (QED) is 0.397. The topological polar surface area (TPSA) is 15.3 Å². The van der Waals surface area contributed by atoms with Crippen LogP contribution < -0.4 is 5.32 Å². The summed E-state index contributed by atoms with van der Waals surface area (Å²) < 4.78 is 0. The van der Waals surface area contributed by atoms with Crippen LogP contribution in [0.1, 0.15) is 104 Å². The van der Waals surface area contributed by atoms with Gasteiger partial charge >= 0.3 is 0 Å². The summed E-state index contributed by atoms with van der Waals surface area (Å²) in [5.41, 5.74) is 1.74. The summed E-state index contributed by atoms with van der Waals surface area (Å²) in [4.78, 5) is 2.95. The highest BCUT2D eigenvalue weighted by atomic mass is 15.2. The van der Waals surface area contributed by atoms with Crippen LogP contribution >= 0.6 is 0 Å². The lowest BCUT2D eigenvalue weighted by Gasteiger charge is -2.50. The van der Waals surface area contributed by atoms with E-state index in [0.717, 1.165) is 12.6 Å². The van der Waals surface area contributed by atoms with Crippen molar-refractivity contribution in [3.63, 3.8) is 0 Å². The van der Waals surface area contributed by atoms with E-state index in [9.17, 15) is 0 Å². The van der Waals surface area contributed by atoms with E-state index in [2.05, 4.69) is 49.2 Å². The lowest BCUT2D eigenvalue weighted by atomic mass is 9.80. The van der Waals surface area contributed by atoms with Gasteiger partial charge in [0, 0.05) is 12.6 Å². The van der Waals surface area contributed by atoms with Crippen molar-refractivity contribution in [2.24, 2.45) is 0 Å². The second-order valence-electron chi connectivity index (χ2n) is 8.77. The van der Waals surface area contributed by atoms with Crippen molar-refractivity contribution in [2.45, 2.75) is 116 Å². The summed E-state index contributed by atoms with van der Waals surface area (Å²) in [6.07, 6.45) is 25.1. The summed E-state index contributed by atoms with van der Waals surface area (Å²) in [5.74, 6) is 0. The summed E-state index contributed by atoms with van der Waals surface area (Å²) in [6, 6.07) is 0.752. The van der Waals surface area contributed by atoms with Crippen molar-refractivity contribution < 1.29 is 0 Å². The van der Waals surface area contributed by atoms with E-state index < -0.39 is 0 Å². The third-order valence-electron chi connectivity index (χ3n) is 6.82. The molecule has 2 rings (SSSR count). The smallest absolute Gasteiger partial charge is 0.0733 e. The Labute approximate surface area is 169 Å². The Morgan fingerprint density at radius 1 is 1.00 bits per heavy atom. The number of nitrogens with zero attached hydrogens (tertiary/aromatic N) is 1. The SMILES string of the molecule is CC=C(CCCCC)C1(/C=C\C)CNCCCCN1C1CCCCCCC1. The molecule has 2 heteroatoms. The molecular weight excluding hydrogens is 328 g/mol. The first-order chi connectivity index (χ1) is 13.3. The Balaban J connectivity index is 2.34. The number of hydrogen-bond acceptors (Lipinski definition) is 2. The monoisotopic (exact) mass is 374 g/mol. The van der Waals surface area contributed by atoms with E-state index in [-0.39, 0.29) is 5.54 Å². The average Bonchev–Trinajstić information content (AvgIpc) is 2.63. The van der Waals surface area contributed by atoms with Crippen LogP contribution in [-0.2, 0) is 0 Å². The normalized spacial score (nSPS) is 27.9. The van der Waals surface area contributed by atoms with Gasteiger partial charge in [0.15, 0.2) is 0 Å². The summed E-state index contributed by atoms with van der Waals surface area (Å²) >= 11 is 0. The van der Waals surface area contributed by atoms with Crippen molar-refractivity contribution >= 4 is 0 Å². The maximum absolute atomic E-state index is 3.83. The van der Waals surface area contributed by atoms with Gasteiger partial charge < -0.3 is 5.32 Å². The molecule has 1 saturated heterocycles. The van der Waals surface area contributed by atoms with Gasteiger partial charge in [-0.3, -0.25) is 4.90 Å². The van der Waals surface area contributed by atoms with Gasteiger partial charge in [-0.05, 0) is 71.0 Å². The highest BCUT2D eigenvalue weighted by Gasteiger charge is 2.40. The minimum Gasteiger partial charge on any atom is -0.314 e. The third kappa shape index (κ3) is 6.46. The lowest BCUT2D eigenvalue weighted by Crippen LogP contribution is -2.60. The number of rotatable bonds is 7. The van der Waals surface area contributed by atoms with Gasteiger partial charge in [0.05, 0.1) is 5.54 Å². The third-order valence-corrected chi connectivity index (χ3v) is 6.82. The predicted molar refractivity (Wildman–Crippen MR) is 120 cm³/mol. The molecule has 0 aromatic carbocycles. The Hall–Kier alpha value is -0.600. The fourth-order valence-corrected chi connectivity index (χ4v) is 5.38. The van der Waals surface area contributed by atoms with Crippen LogP contribution in [0, 0.1) is 0 Å². The van der Waals surface area contributed by atoms with Crippen LogP contribution in [-0.4, -0.2) is 36.1 Å². The van der Waals surface area contributed by atoms with Crippen molar-refractivity contribution in [3.05, 3.63) is 23.8 Å². The van der Waals surface area contributed by atoms with E-state index in [4.69, 9.17) is 0 Å². The largest absolute Gasteiger partial charge is 0.314 e. The standard InChI is InChI=1S/C25H46N2/c1-4-7-11-16-23(6-3)25(19-5-2)22-26-20-14-15-21-27(25)24-17-12-9-8-10-13-18-24/h5-6,19,24,26H,4,7-18,20-22H2,1-3H3/b19-5-,23-6?. The molecule has 0 radical (unpaired) electrons. The first kappa shape index (κ1) is 22.7. The summed E-state index contributed by atoms with van der Waals surface area (Å²) in [7, 11) is 0. The van der Waals surface area contributed by atoms with Gasteiger partial charge in [0.1, 0.15) is 0 Å². The van der Waals surface area contributed by atoms with E-state index in [1.807, 2.05) is 0 Å². The molecule has 0 amide bonds. The first-order valence-electron chi connectivity index (χ1n) is 12.1. The van der Waals surface area contributed by atoms with Crippen LogP contribution in [0.2, 0.25) is 0 Å². The number of unbranched alkanes of at least 4 members (excludes halogenated alkanes) is 2. The van der Waals surface area contributed by atoms with Crippen LogP contribution in [0.3, 0.4) is 0 Å².